The van der Waals surface area contributed by atoms with E-state index in [1.54, 1.807) is 30.0 Å². The predicted molar refractivity (Wildman–Crippen MR) is 113 cm³/mol. The summed E-state index contributed by atoms with van der Waals surface area (Å²) in [7, 11) is 1.44. The van der Waals surface area contributed by atoms with E-state index in [-0.39, 0.29) is 18.4 Å². The minimum Gasteiger partial charge on any atom is -0.497 e. The Morgan fingerprint density at radius 3 is 2.41 bits per heavy atom. The number of amides is 1. The van der Waals surface area contributed by atoms with E-state index < -0.39 is 23.6 Å². The highest BCUT2D eigenvalue weighted by molar-refractivity contribution is 5.82. The van der Waals surface area contributed by atoms with Gasteiger partial charge in [-0.1, -0.05) is 12.1 Å². The van der Waals surface area contributed by atoms with E-state index >= 15 is 0 Å². The zero-order valence-electron chi connectivity index (χ0n) is 18.2. The van der Waals surface area contributed by atoms with Gasteiger partial charge >= 0.3 is 12.1 Å². The number of halogens is 3. The molecule has 0 spiro atoms. The van der Waals surface area contributed by atoms with E-state index in [1.807, 2.05) is 0 Å². The van der Waals surface area contributed by atoms with Gasteiger partial charge in [-0.3, -0.25) is 9.59 Å². The average molecular weight is 449 g/mol. The fourth-order valence-corrected chi connectivity index (χ4v) is 3.61. The van der Waals surface area contributed by atoms with Crippen LogP contribution in [0.3, 0.4) is 0 Å². The smallest absolute Gasteiger partial charge is 0.416 e. The van der Waals surface area contributed by atoms with Crippen LogP contribution in [-0.2, 0) is 22.3 Å². The summed E-state index contributed by atoms with van der Waals surface area (Å²) in [4.78, 5) is 25.7. The Morgan fingerprint density at radius 2 is 1.88 bits per heavy atom. The second kappa shape index (κ2) is 9.22. The molecule has 0 aliphatic heterocycles. The van der Waals surface area contributed by atoms with Gasteiger partial charge in [0.1, 0.15) is 5.75 Å². The number of carboxylic acids is 1. The number of nitrogens with zero attached hydrogens (tertiary/aromatic N) is 1. The molecular weight excluding hydrogens is 423 g/mol. The molecule has 172 valence electrons. The lowest BCUT2D eigenvalue weighted by Crippen LogP contribution is -2.31. The van der Waals surface area contributed by atoms with E-state index in [4.69, 9.17) is 4.74 Å². The van der Waals surface area contributed by atoms with E-state index in [2.05, 4.69) is 0 Å². The third-order valence-electron chi connectivity index (χ3n) is 5.76. The number of methoxy groups -OCH3 is 1. The standard InChI is InChI=1S/C24H26F3NO4/c1-4-28(22(29)15-5-6-15)13-18-10-19(24(25,26)27)7-8-21(18)17-9-16(14(2)23(30)31)11-20(12-17)32-3/h7-12,14-15H,4-6,13H2,1-3H3,(H,30,31)/t14-/m1/s1. The number of hydrogen-bond acceptors (Lipinski definition) is 3. The monoisotopic (exact) mass is 449 g/mol. The van der Waals surface area contributed by atoms with Gasteiger partial charge in [-0.25, -0.2) is 0 Å². The summed E-state index contributed by atoms with van der Waals surface area (Å²) < 4.78 is 45.6. The molecule has 2 aromatic rings. The molecule has 1 N–H and O–H groups in total. The molecule has 0 unspecified atom stereocenters. The van der Waals surface area contributed by atoms with Gasteiger partial charge in [0.05, 0.1) is 18.6 Å². The van der Waals surface area contributed by atoms with Gasteiger partial charge in [-0.15, -0.1) is 0 Å². The number of carbonyl (C=O) groups is 2. The van der Waals surface area contributed by atoms with Crippen LogP contribution in [0.15, 0.2) is 36.4 Å². The van der Waals surface area contributed by atoms with Gasteiger partial charge in [-0.2, -0.15) is 13.2 Å². The maximum absolute atomic E-state index is 13.4. The van der Waals surface area contributed by atoms with Crippen LogP contribution in [0.1, 0.15) is 49.3 Å². The van der Waals surface area contributed by atoms with Gasteiger partial charge in [-0.05, 0) is 73.2 Å². The molecule has 0 radical (unpaired) electrons. The summed E-state index contributed by atoms with van der Waals surface area (Å²) in [5.41, 5.74) is 1.05. The molecule has 8 heteroatoms. The minimum absolute atomic E-state index is 0.0338. The largest absolute Gasteiger partial charge is 0.497 e. The van der Waals surface area contributed by atoms with E-state index in [0.29, 0.717) is 34.5 Å². The normalized spacial score (nSPS) is 14.7. The van der Waals surface area contributed by atoms with Crippen LogP contribution in [-0.4, -0.2) is 35.5 Å². The number of carbonyl (C=O) groups excluding carboxylic acids is 1. The van der Waals surface area contributed by atoms with Gasteiger partial charge in [0, 0.05) is 19.0 Å². The van der Waals surface area contributed by atoms with Crippen molar-refractivity contribution in [2.45, 2.75) is 45.3 Å². The Bertz CT molecular complexity index is 1010. The van der Waals surface area contributed by atoms with Gasteiger partial charge in [0.2, 0.25) is 5.91 Å². The predicted octanol–water partition coefficient (Wildman–Crippen LogP) is 5.33. The highest BCUT2D eigenvalue weighted by atomic mass is 19.4. The van der Waals surface area contributed by atoms with Crippen molar-refractivity contribution in [1.82, 2.24) is 4.90 Å². The Morgan fingerprint density at radius 1 is 1.19 bits per heavy atom. The number of carboxylic acid groups (broad SMARTS) is 1. The van der Waals surface area contributed by atoms with Crippen molar-refractivity contribution in [2.24, 2.45) is 5.92 Å². The fraction of sp³-hybridized carbons (Fsp3) is 0.417. The third-order valence-corrected chi connectivity index (χ3v) is 5.76. The highest BCUT2D eigenvalue weighted by Crippen LogP contribution is 2.37. The molecule has 0 aromatic heterocycles. The van der Waals surface area contributed by atoms with Crippen LogP contribution in [0, 0.1) is 5.92 Å². The summed E-state index contributed by atoms with van der Waals surface area (Å²) in [5.74, 6) is -1.56. The Labute approximate surface area is 184 Å². The van der Waals surface area contributed by atoms with Crippen LogP contribution in [0.5, 0.6) is 5.75 Å². The zero-order chi connectivity index (χ0) is 23.6. The fourth-order valence-electron chi connectivity index (χ4n) is 3.61. The van der Waals surface area contributed by atoms with Crippen LogP contribution in [0.25, 0.3) is 11.1 Å². The highest BCUT2D eigenvalue weighted by Gasteiger charge is 2.34. The molecule has 0 saturated heterocycles. The van der Waals surface area contributed by atoms with E-state index in [9.17, 15) is 27.9 Å². The Kier molecular flexibility index (Phi) is 6.81. The molecule has 0 heterocycles. The number of alkyl halides is 3. The lowest BCUT2D eigenvalue weighted by molar-refractivity contribution is -0.139. The first-order valence-corrected chi connectivity index (χ1v) is 10.5. The molecule has 2 aromatic carbocycles. The van der Waals surface area contributed by atoms with Crippen LogP contribution < -0.4 is 4.74 Å². The quantitative estimate of drug-likeness (QED) is 0.592. The molecule has 32 heavy (non-hydrogen) atoms. The van der Waals surface area contributed by atoms with Crippen molar-refractivity contribution in [1.29, 1.82) is 0 Å². The molecule has 1 saturated carbocycles. The molecule has 1 fully saturated rings. The molecule has 1 aliphatic carbocycles. The van der Waals surface area contributed by atoms with Gasteiger partial charge < -0.3 is 14.7 Å². The summed E-state index contributed by atoms with van der Waals surface area (Å²) in [5, 5.41) is 9.40. The number of rotatable bonds is 8. The van der Waals surface area contributed by atoms with Crippen LogP contribution >= 0.6 is 0 Å². The van der Waals surface area contributed by atoms with Crippen molar-refractivity contribution >= 4 is 11.9 Å². The molecule has 1 atom stereocenters. The number of ether oxygens (including phenoxy) is 1. The molecule has 5 nitrogen and oxygen atoms in total. The van der Waals surface area contributed by atoms with Crippen molar-refractivity contribution in [3.8, 4) is 16.9 Å². The molecule has 1 amide bonds. The van der Waals surface area contributed by atoms with Crippen LogP contribution in [0.2, 0.25) is 0 Å². The van der Waals surface area contributed by atoms with Crippen LogP contribution in [0.4, 0.5) is 13.2 Å². The summed E-state index contributed by atoms with van der Waals surface area (Å²) in [6.45, 7) is 3.74. The molecule has 0 bridgehead atoms. The van der Waals surface area contributed by atoms with Crippen molar-refractivity contribution in [3.05, 3.63) is 53.1 Å². The van der Waals surface area contributed by atoms with Gasteiger partial charge in [0.25, 0.3) is 0 Å². The topological polar surface area (TPSA) is 66.8 Å². The lowest BCUT2D eigenvalue weighted by Gasteiger charge is -2.24. The zero-order valence-corrected chi connectivity index (χ0v) is 18.2. The maximum atomic E-state index is 13.4. The van der Waals surface area contributed by atoms with Gasteiger partial charge in [0.15, 0.2) is 0 Å². The molecule has 3 rings (SSSR count). The van der Waals surface area contributed by atoms with E-state index in [0.717, 1.165) is 25.0 Å². The lowest BCUT2D eigenvalue weighted by atomic mass is 9.92. The first-order valence-electron chi connectivity index (χ1n) is 10.5. The second-order valence-electron chi connectivity index (χ2n) is 8.05. The summed E-state index contributed by atoms with van der Waals surface area (Å²) in [6, 6.07) is 8.34. The maximum Gasteiger partial charge on any atom is 0.416 e. The second-order valence-corrected chi connectivity index (χ2v) is 8.05. The summed E-state index contributed by atoms with van der Waals surface area (Å²) >= 11 is 0. The SMILES string of the molecule is CCN(Cc1cc(C(F)(F)F)ccc1-c1cc(OC)cc([C@@H](C)C(=O)O)c1)C(=O)C1CC1. The average Bonchev–Trinajstić information content (AvgIpc) is 3.60. The minimum atomic E-state index is -4.53. The number of benzene rings is 2. The van der Waals surface area contributed by atoms with Crippen molar-refractivity contribution in [3.63, 3.8) is 0 Å². The molecular formula is C24H26F3NO4. The van der Waals surface area contributed by atoms with Crippen molar-refractivity contribution in [2.75, 3.05) is 13.7 Å². The summed E-state index contributed by atoms with van der Waals surface area (Å²) in [6.07, 6.45) is -2.92. The van der Waals surface area contributed by atoms with E-state index in [1.165, 1.54) is 20.1 Å². The van der Waals surface area contributed by atoms with Crippen molar-refractivity contribution < 1.29 is 32.6 Å². The third kappa shape index (κ3) is 5.23. The molecule has 1 aliphatic rings. The Balaban J connectivity index is 2.11. The number of hydrogen-bond donors (Lipinski definition) is 1. The Hall–Kier alpha value is -3.03. The first kappa shape index (κ1) is 23.6. The number of aliphatic carboxylic acids is 1. The first-order chi connectivity index (χ1) is 15.0.